The van der Waals surface area contributed by atoms with Crippen LogP contribution in [0.5, 0.6) is 0 Å². The van der Waals surface area contributed by atoms with Crippen molar-refractivity contribution in [2.75, 3.05) is 0 Å². The van der Waals surface area contributed by atoms with Crippen molar-refractivity contribution >= 4 is 34.7 Å². The highest BCUT2D eigenvalue weighted by atomic mass is 127. The maximum Gasteiger partial charge on any atom is 0.232 e. The minimum Gasteiger partial charge on any atom is -0.369 e. The molecular formula is C13H23IN2O2. The van der Waals surface area contributed by atoms with Crippen molar-refractivity contribution in [2.24, 2.45) is 23.0 Å². The lowest BCUT2D eigenvalue weighted by Crippen LogP contribution is -2.39. The fraction of sp³-hybridized carbons (Fsp3) is 0.692. The van der Waals surface area contributed by atoms with Gasteiger partial charge >= 0.3 is 0 Å². The number of rotatable bonds is 6. The van der Waals surface area contributed by atoms with E-state index in [9.17, 15) is 9.59 Å². The van der Waals surface area contributed by atoms with Crippen LogP contribution in [0.15, 0.2) is 12.2 Å². The molecule has 0 fully saturated rings. The fourth-order valence-electron chi connectivity index (χ4n) is 1.91. The molecule has 0 saturated carbocycles. The van der Waals surface area contributed by atoms with Crippen LogP contribution in [0, 0.1) is 17.3 Å². The molecule has 0 aliphatic heterocycles. The minimum absolute atomic E-state index is 0.0303. The number of primary amides is 1. The Bertz CT molecular complexity index is 321. The molecule has 18 heavy (non-hydrogen) atoms. The zero-order chi connectivity index (χ0) is 14.3. The molecule has 0 rings (SSSR count). The van der Waals surface area contributed by atoms with Gasteiger partial charge in [0, 0.05) is 0 Å². The van der Waals surface area contributed by atoms with Gasteiger partial charge in [0.25, 0.3) is 0 Å². The molecule has 0 aromatic carbocycles. The summed E-state index contributed by atoms with van der Waals surface area (Å²) in [4.78, 5) is 23.5. The van der Waals surface area contributed by atoms with Crippen LogP contribution in [0.1, 0.15) is 40.5 Å². The highest BCUT2D eigenvalue weighted by Gasteiger charge is 2.34. The number of carbonyl (C=O) groups is 2. The van der Waals surface area contributed by atoms with Gasteiger partial charge in [0.2, 0.25) is 11.8 Å². The Morgan fingerprint density at radius 3 is 2.22 bits per heavy atom. The van der Waals surface area contributed by atoms with Crippen LogP contribution in [-0.4, -0.2) is 11.8 Å². The SMILES string of the molecule is C/C=C/C[C@H](C(N)=O)C(CC(C)(C)C)C(=O)NI. The van der Waals surface area contributed by atoms with E-state index >= 15 is 0 Å². The molecule has 0 aliphatic rings. The summed E-state index contributed by atoms with van der Waals surface area (Å²) in [6, 6.07) is 0. The van der Waals surface area contributed by atoms with Crippen molar-refractivity contribution in [2.45, 2.75) is 40.5 Å². The largest absolute Gasteiger partial charge is 0.369 e. The molecule has 5 heteroatoms. The van der Waals surface area contributed by atoms with E-state index in [1.54, 1.807) is 22.9 Å². The first-order valence-corrected chi connectivity index (χ1v) is 7.11. The Labute approximate surface area is 123 Å². The van der Waals surface area contributed by atoms with E-state index in [-0.39, 0.29) is 17.2 Å². The number of amides is 2. The van der Waals surface area contributed by atoms with E-state index in [0.29, 0.717) is 12.8 Å². The minimum atomic E-state index is -0.449. The zero-order valence-electron chi connectivity index (χ0n) is 11.5. The van der Waals surface area contributed by atoms with Gasteiger partial charge in [0.05, 0.1) is 34.7 Å². The summed E-state index contributed by atoms with van der Waals surface area (Å²) in [6.07, 6.45) is 4.89. The number of hydrogen-bond acceptors (Lipinski definition) is 2. The molecule has 3 N–H and O–H groups in total. The second kappa shape index (κ2) is 7.76. The van der Waals surface area contributed by atoms with Gasteiger partial charge in [-0.15, -0.1) is 0 Å². The number of nitrogens with one attached hydrogen (secondary N) is 1. The molecular weight excluding hydrogens is 343 g/mol. The molecule has 0 aromatic heterocycles. The summed E-state index contributed by atoms with van der Waals surface area (Å²) in [5.41, 5.74) is 5.40. The second-order valence-electron chi connectivity index (χ2n) is 5.64. The van der Waals surface area contributed by atoms with Gasteiger partial charge in [-0.25, -0.2) is 0 Å². The molecule has 104 valence electrons. The summed E-state index contributed by atoms with van der Waals surface area (Å²) in [7, 11) is 0. The Morgan fingerprint density at radius 1 is 1.33 bits per heavy atom. The number of nitrogens with two attached hydrogens (primary N) is 1. The highest BCUT2D eigenvalue weighted by molar-refractivity contribution is 14.1. The van der Waals surface area contributed by atoms with Crippen molar-refractivity contribution in [1.29, 1.82) is 0 Å². The molecule has 1 unspecified atom stereocenters. The zero-order valence-corrected chi connectivity index (χ0v) is 13.7. The van der Waals surface area contributed by atoms with Crippen LogP contribution in [-0.2, 0) is 9.59 Å². The smallest absolute Gasteiger partial charge is 0.232 e. The Kier molecular flexibility index (Phi) is 7.51. The number of hydrogen-bond donors (Lipinski definition) is 2. The Hall–Kier alpha value is -0.590. The Balaban J connectivity index is 5.10. The summed E-state index contributed by atoms with van der Waals surface area (Å²) in [5, 5.41) is 0. The van der Waals surface area contributed by atoms with Gasteiger partial charge < -0.3 is 5.73 Å². The van der Waals surface area contributed by atoms with E-state index < -0.39 is 11.8 Å². The summed E-state index contributed by atoms with van der Waals surface area (Å²) < 4.78 is 2.60. The predicted octanol–water partition coefficient (Wildman–Crippen LogP) is 2.57. The summed E-state index contributed by atoms with van der Waals surface area (Å²) >= 11 is 1.80. The van der Waals surface area contributed by atoms with Crippen molar-refractivity contribution in [3.63, 3.8) is 0 Å². The lowest BCUT2D eigenvalue weighted by Gasteiger charge is -2.28. The van der Waals surface area contributed by atoms with Crippen molar-refractivity contribution < 1.29 is 9.59 Å². The third-order valence-electron chi connectivity index (χ3n) is 2.74. The lowest BCUT2D eigenvalue weighted by molar-refractivity contribution is -0.132. The van der Waals surface area contributed by atoms with E-state index in [1.165, 1.54) is 0 Å². The van der Waals surface area contributed by atoms with Crippen LogP contribution in [0.25, 0.3) is 0 Å². The second-order valence-corrected chi connectivity index (χ2v) is 6.18. The van der Waals surface area contributed by atoms with Crippen LogP contribution < -0.4 is 9.26 Å². The number of allylic oxidation sites excluding steroid dienone is 2. The molecule has 0 spiro atoms. The maximum absolute atomic E-state index is 11.9. The topological polar surface area (TPSA) is 72.2 Å². The van der Waals surface area contributed by atoms with E-state index in [1.807, 2.05) is 39.8 Å². The highest BCUT2D eigenvalue weighted by Crippen LogP contribution is 2.31. The Morgan fingerprint density at radius 2 is 1.89 bits per heavy atom. The molecule has 2 atom stereocenters. The molecule has 2 amide bonds. The van der Waals surface area contributed by atoms with Gasteiger partial charge in [-0.3, -0.25) is 13.1 Å². The van der Waals surface area contributed by atoms with Crippen LogP contribution in [0.3, 0.4) is 0 Å². The lowest BCUT2D eigenvalue weighted by atomic mass is 9.76. The molecule has 0 saturated heterocycles. The normalized spacial score (nSPS) is 15.4. The first-order valence-electron chi connectivity index (χ1n) is 6.04. The molecule has 0 bridgehead atoms. The third-order valence-corrected chi connectivity index (χ3v) is 3.27. The molecule has 4 nitrogen and oxygen atoms in total. The summed E-state index contributed by atoms with van der Waals surface area (Å²) in [5.74, 6) is -1.37. The van der Waals surface area contributed by atoms with E-state index in [2.05, 4.69) is 3.53 Å². The molecule has 0 aromatic rings. The average Bonchev–Trinajstić information content (AvgIpc) is 2.25. The van der Waals surface area contributed by atoms with Gasteiger partial charge in [-0.05, 0) is 25.2 Å². The van der Waals surface area contributed by atoms with E-state index in [4.69, 9.17) is 5.73 Å². The number of halogens is 1. The van der Waals surface area contributed by atoms with Crippen molar-refractivity contribution in [1.82, 2.24) is 3.53 Å². The van der Waals surface area contributed by atoms with Crippen LogP contribution in [0.2, 0.25) is 0 Å². The van der Waals surface area contributed by atoms with E-state index in [0.717, 1.165) is 0 Å². The van der Waals surface area contributed by atoms with Gasteiger partial charge in [0.1, 0.15) is 0 Å². The van der Waals surface area contributed by atoms with Crippen molar-refractivity contribution in [3.8, 4) is 0 Å². The van der Waals surface area contributed by atoms with Gasteiger partial charge in [-0.1, -0.05) is 32.9 Å². The fourth-order valence-corrected chi connectivity index (χ4v) is 2.31. The first kappa shape index (κ1) is 17.4. The van der Waals surface area contributed by atoms with Crippen molar-refractivity contribution in [3.05, 3.63) is 12.2 Å². The maximum atomic E-state index is 11.9. The molecule has 0 aliphatic carbocycles. The predicted molar refractivity (Wildman–Crippen MR) is 81.8 cm³/mol. The quantitative estimate of drug-likeness (QED) is 0.431. The molecule has 0 radical (unpaired) electrons. The third kappa shape index (κ3) is 6.37. The van der Waals surface area contributed by atoms with Gasteiger partial charge in [-0.2, -0.15) is 0 Å². The monoisotopic (exact) mass is 366 g/mol. The summed E-state index contributed by atoms with van der Waals surface area (Å²) in [6.45, 7) is 8.03. The number of carbonyl (C=O) groups excluding carboxylic acids is 2. The van der Waals surface area contributed by atoms with Crippen LogP contribution in [0.4, 0.5) is 0 Å². The molecule has 0 heterocycles. The van der Waals surface area contributed by atoms with Crippen LogP contribution >= 0.6 is 22.9 Å². The average molecular weight is 366 g/mol. The van der Waals surface area contributed by atoms with Gasteiger partial charge in [0.15, 0.2) is 0 Å². The standard InChI is InChI=1S/C13H23IN2O2/c1-5-6-7-9(11(15)17)10(12(18)16-14)8-13(2,3)4/h5-6,9-10H,7-8H2,1-4H3,(H2,15,17)(H,16,18)/b6-5+/t9-,10?/m0/s1. The first-order chi connectivity index (χ1) is 8.22.